The third-order valence-corrected chi connectivity index (χ3v) is 4.27. The smallest absolute Gasteiger partial charge is 0.357 e. The van der Waals surface area contributed by atoms with Crippen molar-refractivity contribution in [2.24, 2.45) is 0 Å². The SMILES string of the molecule is CC(OC(=O)c1[nH]c2ccccc2c1Cl)C(=O)NCc1ccc(F)cc1. The molecule has 0 fully saturated rings. The highest BCUT2D eigenvalue weighted by Gasteiger charge is 2.23. The number of carbonyl (C=O) groups excluding carboxylic acids is 2. The van der Waals surface area contributed by atoms with E-state index < -0.39 is 18.0 Å². The van der Waals surface area contributed by atoms with Gasteiger partial charge in [-0.2, -0.15) is 0 Å². The van der Waals surface area contributed by atoms with E-state index in [9.17, 15) is 14.0 Å². The first kappa shape index (κ1) is 17.9. The second-order valence-corrected chi connectivity index (χ2v) is 6.13. The number of para-hydroxylation sites is 1. The first-order valence-electron chi connectivity index (χ1n) is 7.95. The predicted molar refractivity (Wildman–Crippen MR) is 96.4 cm³/mol. The molecule has 2 aromatic carbocycles. The molecular formula is C19H16ClFN2O3. The van der Waals surface area contributed by atoms with Gasteiger partial charge < -0.3 is 15.0 Å². The number of ether oxygens (including phenoxy) is 1. The summed E-state index contributed by atoms with van der Waals surface area (Å²) >= 11 is 6.21. The number of aromatic amines is 1. The van der Waals surface area contributed by atoms with Crippen LogP contribution in [0.2, 0.25) is 5.02 Å². The van der Waals surface area contributed by atoms with Crippen LogP contribution in [0, 0.1) is 5.82 Å². The topological polar surface area (TPSA) is 71.2 Å². The Bertz CT molecular complexity index is 953. The lowest BCUT2D eigenvalue weighted by Gasteiger charge is -2.13. The molecule has 2 N–H and O–H groups in total. The molecule has 5 nitrogen and oxygen atoms in total. The number of rotatable bonds is 5. The lowest BCUT2D eigenvalue weighted by Crippen LogP contribution is -2.35. The zero-order valence-electron chi connectivity index (χ0n) is 13.9. The predicted octanol–water partition coefficient (Wildman–Crippen LogP) is 3.82. The van der Waals surface area contributed by atoms with Gasteiger partial charge in [0.2, 0.25) is 0 Å². The lowest BCUT2D eigenvalue weighted by molar-refractivity contribution is -0.129. The van der Waals surface area contributed by atoms with Crippen molar-refractivity contribution >= 4 is 34.4 Å². The van der Waals surface area contributed by atoms with E-state index in [0.29, 0.717) is 10.9 Å². The largest absolute Gasteiger partial charge is 0.448 e. The van der Waals surface area contributed by atoms with Gasteiger partial charge in [-0.25, -0.2) is 9.18 Å². The van der Waals surface area contributed by atoms with Crippen molar-refractivity contribution in [2.45, 2.75) is 19.6 Å². The number of benzene rings is 2. The Morgan fingerprint density at radius 2 is 1.88 bits per heavy atom. The van der Waals surface area contributed by atoms with Crippen molar-refractivity contribution in [3.8, 4) is 0 Å². The molecule has 1 aromatic heterocycles. The van der Waals surface area contributed by atoms with Crippen molar-refractivity contribution < 1.29 is 18.7 Å². The summed E-state index contributed by atoms with van der Waals surface area (Å²) in [6, 6.07) is 12.9. The van der Waals surface area contributed by atoms with Gasteiger partial charge in [0.25, 0.3) is 5.91 Å². The number of hydrogen-bond donors (Lipinski definition) is 2. The number of esters is 1. The molecule has 0 aliphatic heterocycles. The van der Waals surface area contributed by atoms with Gasteiger partial charge in [-0.1, -0.05) is 41.9 Å². The summed E-state index contributed by atoms with van der Waals surface area (Å²) in [6.07, 6.45) is -1.01. The molecule has 7 heteroatoms. The van der Waals surface area contributed by atoms with Crippen LogP contribution < -0.4 is 5.32 Å². The molecule has 0 bridgehead atoms. The van der Waals surface area contributed by atoms with Crippen LogP contribution in [0.3, 0.4) is 0 Å². The van der Waals surface area contributed by atoms with Gasteiger partial charge in [0.1, 0.15) is 11.5 Å². The van der Waals surface area contributed by atoms with Gasteiger partial charge in [0.05, 0.1) is 5.02 Å². The monoisotopic (exact) mass is 374 g/mol. The molecule has 1 atom stereocenters. The van der Waals surface area contributed by atoms with Crippen LogP contribution in [-0.2, 0) is 16.1 Å². The number of H-pyrrole nitrogens is 1. The standard InChI is InChI=1S/C19H16ClFN2O3/c1-11(18(24)22-10-12-6-8-13(21)9-7-12)26-19(25)17-16(20)14-4-2-3-5-15(14)23-17/h2-9,11,23H,10H2,1H3,(H,22,24). The first-order chi connectivity index (χ1) is 12.5. The Morgan fingerprint density at radius 1 is 1.19 bits per heavy atom. The van der Waals surface area contributed by atoms with Crippen LogP contribution in [0.1, 0.15) is 23.0 Å². The molecule has 134 valence electrons. The minimum absolute atomic E-state index is 0.103. The van der Waals surface area contributed by atoms with E-state index in [0.717, 1.165) is 5.56 Å². The van der Waals surface area contributed by atoms with Gasteiger partial charge >= 0.3 is 5.97 Å². The fraction of sp³-hybridized carbons (Fsp3) is 0.158. The molecule has 3 aromatic rings. The molecule has 26 heavy (non-hydrogen) atoms. The Labute approximate surface area is 154 Å². The van der Waals surface area contributed by atoms with Crippen LogP contribution >= 0.6 is 11.6 Å². The van der Waals surface area contributed by atoms with E-state index in [1.807, 2.05) is 12.1 Å². The highest BCUT2D eigenvalue weighted by Crippen LogP contribution is 2.27. The number of fused-ring (bicyclic) bond motifs is 1. The summed E-state index contributed by atoms with van der Waals surface area (Å²) in [4.78, 5) is 27.3. The number of hydrogen-bond acceptors (Lipinski definition) is 3. The fourth-order valence-corrected chi connectivity index (χ4v) is 2.75. The van der Waals surface area contributed by atoms with E-state index in [-0.39, 0.29) is 23.1 Å². The summed E-state index contributed by atoms with van der Waals surface area (Å²) < 4.78 is 18.1. The molecule has 1 heterocycles. The third kappa shape index (κ3) is 3.86. The zero-order valence-corrected chi connectivity index (χ0v) is 14.6. The number of nitrogens with one attached hydrogen (secondary N) is 2. The van der Waals surface area contributed by atoms with Crippen molar-refractivity contribution in [1.82, 2.24) is 10.3 Å². The molecule has 0 aliphatic rings. The summed E-state index contributed by atoms with van der Waals surface area (Å²) in [6.45, 7) is 1.67. The van der Waals surface area contributed by atoms with E-state index in [1.165, 1.54) is 19.1 Å². The van der Waals surface area contributed by atoms with E-state index in [4.69, 9.17) is 16.3 Å². The summed E-state index contributed by atoms with van der Waals surface area (Å²) in [5.41, 5.74) is 1.54. The van der Waals surface area contributed by atoms with Gasteiger partial charge in [-0.3, -0.25) is 4.79 Å². The summed E-state index contributed by atoms with van der Waals surface area (Å²) in [5, 5.41) is 3.59. The number of aromatic nitrogens is 1. The highest BCUT2D eigenvalue weighted by molar-refractivity contribution is 6.38. The minimum atomic E-state index is -1.01. The molecule has 0 spiro atoms. The van der Waals surface area contributed by atoms with Gasteiger partial charge in [0.15, 0.2) is 6.10 Å². The number of carbonyl (C=O) groups is 2. The average Bonchev–Trinajstić information content (AvgIpc) is 2.98. The maximum atomic E-state index is 12.9. The Balaban J connectivity index is 1.61. The minimum Gasteiger partial charge on any atom is -0.448 e. The zero-order chi connectivity index (χ0) is 18.7. The maximum Gasteiger partial charge on any atom is 0.357 e. The fourth-order valence-electron chi connectivity index (χ4n) is 2.46. The molecule has 1 unspecified atom stereocenters. The van der Waals surface area contributed by atoms with Crippen LogP contribution in [-0.4, -0.2) is 23.0 Å². The molecular weight excluding hydrogens is 359 g/mol. The van der Waals surface area contributed by atoms with Crippen LogP contribution in [0.4, 0.5) is 4.39 Å². The second-order valence-electron chi connectivity index (χ2n) is 5.75. The van der Waals surface area contributed by atoms with E-state index in [2.05, 4.69) is 10.3 Å². The Morgan fingerprint density at radius 3 is 2.58 bits per heavy atom. The quantitative estimate of drug-likeness (QED) is 0.667. The highest BCUT2D eigenvalue weighted by atomic mass is 35.5. The summed E-state index contributed by atoms with van der Waals surface area (Å²) in [5.74, 6) is -1.52. The van der Waals surface area contributed by atoms with Gasteiger partial charge in [-0.15, -0.1) is 0 Å². The number of halogens is 2. The first-order valence-corrected chi connectivity index (χ1v) is 8.33. The van der Waals surface area contributed by atoms with Crippen LogP contribution in [0.25, 0.3) is 10.9 Å². The maximum absolute atomic E-state index is 12.9. The van der Waals surface area contributed by atoms with Crippen molar-refractivity contribution in [1.29, 1.82) is 0 Å². The average molecular weight is 375 g/mol. The normalized spacial score (nSPS) is 12.0. The van der Waals surface area contributed by atoms with Gasteiger partial charge in [-0.05, 0) is 30.7 Å². The molecule has 0 aliphatic carbocycles. The molecule has 1 amide bonds. The molecule has 3 rings (SSSR count). The molecule has 0 radical (unpaired) electrons. The van der Waals surface area contributed by atoms with Gasteiger partial charge in [0, 0.05) is 17.4 Å². The third-order valence-electron chi connectivity index (χ3n) is 3.88. The molecule has 0 saturated carbocycles. The van der Waals surface area contributed by atoms with E-state index in [1.54, 1.807) is 24.3 Å². The second kappa shape index (κ2) is 7.58. The summed E-state index contributed by atoms with van der Waals surface area (Å²) in [7, 11) is 0. The van der Waals surface area contributed by atoms with Crippen LogP contribution in [0.15, 0.2) is 48.5 Å². The van der Waals surface area contributed by atoms with Crippen molar-refractivity contribution in [3.05, 3.63) is 70.6 Å². The van der Waals surface area contributed by atoms with E-state index >= 15 is 0 Å². The Kier molecular flexibility index (Phi) is 5.23. The lowest BCUT2D eigenvalue weighted by atomic mass is 10.2. The number of amides is 1. The van der Waals surface area contributed by atoms with Crippen LogP contribution in [0.5, 0.6) is 0 Å². The Hall–Kier alpha value is -2.86. The molecule has 0 saturated heterocycles. The van der Waals surface area contributed by atoms with Crippen molar-refractivity contribution in [3.63, 3.8) is 0 Å². The van der Waals surface area contributed by atoms with Crippen molar-refractivity contribution in [2.75, 3.05) is 0 Å².